The summed E-state index contributed by atoms with van der Waals surface area (Å²) < 4.78 is 0. The van der Waals surface area contributed by atoms with Gasteiger partial charge in [0.2, 0.25) is 5.91 Å². The lowest BCUT2D eigenvalue weighted by molar-refractivity contribution is -0.119. The van der Waals surface area contributed by atoms with E-state index in [2.05, 4.69) is 10.6 Å². The Labute approximate surface area is 125 Å². The van der Waals surface area contributed by atoms with E-state index in [1.54, 1.807) is 0 Å². The summed E-state index contributed by atoms with van der Waals surface area (Å²) in [6.07, 6.45) is 4.37. The lowest BCUT2D eigenvalue weighted by Gasteiger charge is -2.15. The Morgan fingerprint density at radius 1 is 0.857 bits per heavy atom. The van der Waals surface area contributed by atoms with E-state index in [4.69, 9.17) is 0 Å². The second-order valence-corrected chi connectivity index (χ2v) is 5.51. The summed E-state index contributed by atoms with van der Waals surface area (Å²) in [5, 5.41) is 6.43. The number of benzene rings is 2. The SMILES string of the molecule is O=C(Nc1ccccc1Nc1ccccc1)C1CCCC1. The van der Waals surface area contributed by atoms with Crippen molar-refractivity contribution in [3.05, 3.63) is 54.6 Å². The maximum atomic E-state index is 12.3. The largest absolute Gasteiger partial charge is 0.354 e. The summed E-state index contributed by atoms with van der Waals surface area (Å²) in [5.74, 6) is 0.324. The third-order valence-corrected chi connectivity index (χ3v) is 3.96. The molecule has 1 aliphatic rings. The number of para-hydroxylation sites is 3. The van der Waals surface area contributed by atoms with Crippen LogP contribution in [0.1, 0.15) is 25.7 Å². The van der Waals surface area contributed by atoms with E-state index < -0.39 is 0 Å². The van der Waals surface area contributed by atoms with Crippen molar-refractivity contribution in [1.29, 1.82) is 0 Å². The number of hydrogen-bond donors (Lipinski definition) is 2. The molecule has 108 valence electrons. The molecular weight excluding hydrogens is 260 g/mol. The molecule has 0 aliphatic heterocycles. The molecule has 3 nitrogen and oxygen atoms in total. The Kier molecular flexibility index (Phi) is 4.20. The highest BCUT2D eigenvalue weighted by molar-refractivity contribution is 5.96. The van der Waals surface area contributed by atoms with Gasteiger partial charge >= 0.3 is 0 Å². The molecule has 1 aliphatic carbocycles. The monoisotopic (exact) mass is 280 g/mol. The highest BCUT2D eigenvalue weighted by atomic mass is 16.1. The van der Waals surface area contributed by atoms with Crippen LogP contribution in [0.4, 0.5) is 17.1 Å². The molecule has 0 atom stereocenters. The third kappa shape index (κ3) is 3.43. The summed E-state index contributed by atoms with van der Waals surface area (Å²) >= 11 is 0. The molecule has 3 rings (SSSR count). The van der Waals surface area contributed by atoms with Gasteiger partial charge < -0.3 is 10.6 Å². The van der Waals surface area contributed by atoms with Gasteiger partial charge in [0.05, 0.1) is 11.4 Å². The molecule has 0 bridgehead atoms. The van der Waals surface area contributed by atoms with Crippen molar-refractivity contribution in [1.82, 2.24) is 0 Å². The zero-order valence-electron chi connectivity index (χ0n) is 12.0. The van der Waals surface area contributed by atoms with Gasteiger partial charge in [0, 0.05) is 11.6 Å². The van der Waals surface area contributed by atoms with E-state index in [9.17, 15) is 4.79 Å². The van der Waals surface area contributed by atoms with Crippen molar-refractivity contribution in [2.24, 2.45) is 5.92 Å². The second kappa shape index (κ2) is 6.44. The van der Waals surface area contributed by atoms with Crippen LogP contribution in [0.2, 0.25) is 0 Å². The second-order valence-electron chi connectivity index (χ2n) is 5.51. The highest BCUT2D eigenvalue weighted by Crippen LogP contribution is 2.29. The van der Waals surface area contributed by atoms with Crippen LogP contribution in [0.15, 0.2) is 54.6 Å². The van der Waals surface area contributed by atoms with Crippen LogP contribution in [0, 0.1) is 5.92 Å². The van der Waals surface area contributed by atoms with Crippen molar-refractivity contribution in [3.8, 4) is 0 Å². The van der Waals surface area contributed by atoms with Crippen LogP contribution in [0.3, 0.4) is 0 Å². The number of carbonyl (C=O) groups excluding carboxylic acids is 1. The van der Waals surface area contributed by atoms with Crippen LogP contribution in [-0.2, 0) is 4.79 Å². The zero-order valence-corrected chi connectivity index (χ0v) is 12.0. The molecule has 1 fully saturated rings. The lowest BCUT2D eigenvalue weighted by atomic mass is 10.1. The first-order chi connectivity index (χ1) is 10.3. The molecule has 1 saturated carbocycles. The van der Waals surface area contributed by atoms with Crippen molar-refractivity contribution >= 4 is 23.0 Å². The van der Waals surface area contributed by atoms with Gasteiger partial charge in [0.15, 0.2) is 0 Å². The topological polar surface area (TPSA) is 41.1 Å². The normalized spacial score (nSPS) is 14.9. The molecule has 2 aromatic rings. The molecular formula is C18H20N2O. The molecule has 2 aromatic carbocycles. The Hall–Kier alpha value is -2.29. The first-order valence-corrected chi connectivity index (χ1v) is 7.55. The predicted molar refractivity (Wildman–Crippen MR) is 86.8 cm³/mol. The fourth-order valence-corrected chi connectivity index (χ4v) is 2.80. The maximum absolute atomic E-state index is 12.3. The summed E-state index contributed by atoms with van der Waals surface area (Å²) in [6.45, 7) is 0. The molecule has 0 aromatic heterocycles. The third-order valence-electron chi connectivity index (χ3n) is 3.96. The molecule has 21 heavy (non-hydrogen) atoms. The van der Waals surface area contributed by atoms with E-state index >= 15 is 0 Å². The zero-order chi connectivity index (χ0) is 14.5. The number of hydrogen-bond acceptors (Lipinski definition) is 2. The lowest BCUT2D eigenvalue weighted by Crippen LogP contribution is -2.20. The van der Waals surface area contributed by atoms with Crippen molar-refractivity contribution in [2.45, 2.75) is 25.7 Å². The number of rotatable bonds is 4. The molecule has 0 spiro atoms. The van der Waals surface area contributed by atoms with E-state index in [0.29, 0.717) is 0 Å². The van der Waals surface area contributed by atoms with E-state index in [0.717, 1.165) is 29.9 Å². The minimum atomic E-state index is 0.148. The predicted octanol–water partition coefficient (Wildman–Crippen LogP) is 4.56. The van der Waals surface area contributed by atoms with E-state index in [-0.39, 0.29) is 11.8 Å². The average molecular weight is 280 g/mol. The fraction of sp³-hybridized carbons (Fsp3) is 0.278. The molecule has 3 heteroatoms. The first kappa shape index (κ1) is 13.7. The quantitative estimate of drug-likeness (QED) is 0.862. The van der Waals surface area contributed by atoms with Crippen molar-refractivity contribution < 1.29 is 4.79 Å². The minimum absolute atomic E-state index is 0.148. The van der Waals surface area contributed by atoms with Gasteiger partial charge in [-0.2, -0.15) is 0 Å². The summed E-state index contributed by atoms with van der Waals surface area (Å²) in [7, 11) is 0. The van der Waals surface area contributed by atoms with Crippen LogP contribution in [0.25, 0.3) is 0 Å². The Balaban J connectivity index is 1.74. The Bertz CT molecular complexity index is 604. The number of carbonyl (C=O) groups is 1. The number of nitrogens with one attached hydrogen (secondary N) is 2. The van der Waals surface area contributed by atoms with Gasteiger partial charge in [-0.05, 0) is 37.1 Å². The maximum Gasteiger partial charge on any atom is 0.227 e. The number of anilines is 3. The Morgan fingerprint density at radius 3 is 2.19 bits per heavy atom. The van der Waals surface area contributed by atoms with Crippen LogP contribution in [0.5, 0.6) is 0 Å². The molecule has 1 amide bonds. The van der Waals surface area contributed by atoms with Gasteiger partial charge in [0.1, 0.15) is 0 Å². The van der Waals surface area contributed by atoms with Crippen LogP contribution in [-0.4, -0.2) is 5.91 Å². The summed E-state index contributed by atoms with van der Waals surface area (Å²) in [4.78, 5) is 12.3. The van der Waals surface area contributed by atoms with E-state index in [1.165, 1.54) is 12.8 Å². The molecule has 2 N–H and O–H groups in total. The van der Waals surface area contributed by atoms with E-state index in [1.807, 2.05) is 54.6 Å². The van der Waals surface area contributed by atoms with Gasteiger partial charge in [-0.15, -0.1) is 0 Å². The summed E-state index contributed by atoms with van der Waals surface area (Å²) in [6, 6.07) is 17.8. The van der Waals surface area contributed by atoms with Crippen molar-refractivity contribution in [2.75, 3.05) is 10.6 Å². The van der Waals surface area contributed by atoms with Gasteiger partial charge in [-0.3, -0.25) is 4.79 Å². The Morgan fingerprint density at radius 2 is 1.48 bits per heavy atom. The van der Waals surface area contributed by atoms with Gasteiger partial charge in [-0.25, -0.2) is 0 Å². The smallest absolute Gasteiger partial charge is 0.227 e. The van der Waals surface area contributed by atoms with Crippen LogP contribution < -0.4 is 10.6 Å². The number of amides is 1. The fourth-order valence-electron chi connectivity index (χ4n) is 2.80. The molecule has 0 radical (unpaired) electrons. The van der Waals surface area contributed by atoms with Crippen LogP contribution >= 0.6 is 0 Å². The average Bonchev–Trinajstić information content (AvgIpc) is 3.05. The first-order valence-electron chi connectivity index (χ1n) is 7.55. The van der Waals surface area contributed by atoms with Gasteiger partial charge in [-0.1, -0.05) is 43.2 Å². The molecule has 0 heterocycles. The standard InChI is InChI=1S/C18H20N2O/c21-18(14-8-4-5-9-14)20-17-13-7-6-12-16(17)19-15-10-2-1-3-11-15/h1-3,6-7,10-14,19H,4-5,8-9H2,(H,20,21). The summed E-state index contributed by atoms with van der Waals surface area (Å²) in [5.41, 5.74) is 2.79. The molecule has 0 unspecified atom stereocenters. The highest BCUT2D eigenvalue weighted by Gasteiger charge is 2.23. The molecule has 0 saturated heterocycles. The van der Waals surface area contributed by atoms with Gasteiger partial charge in [0.25, 0.3) is 0 Å². The van der Waals surface area contributed by atoms with Crippen molar-refractivity contribution in [3.63, 3.8) is 0 Å². The minimum Gasteiger partial charge on any atom is -0.354 e.